The van der Waals surface area contributed by atoms with Gasteiger partial charge in [0.1, 0.15) is 0 Å². The number of nitrogens with zero attached hydrogens (tertiary/aromatic N) is 3. The molecule has 0 spiro atoms. The molecule has 1 N–H and O–H groups in total. The van der Waals surface area contributed by atoms with E-state index in [2.05, 4.69) is 39.8 Å². The topological polar surface area (TPSA) is 41.3 Å². The smallest absolute Gasteiger partial charge is 0.0767 e. The van der Waals surface area contributed by atoms with Gasteiger partial charge in [-0.25, -0.2) is 0 Å². The van der Waals surface area contributed by atoms with Crippen molar-refractivity contribution in [3.05, 3.63) is 15.9 Å². The maximum absolute atomic E-state index is 9.37. The van der Waals surface area contributed by atoms with Crippen molar-refractivity contribution >= 4 is 15.9 Å². The second-order valence-electron chi connectivity index (χ2n) is 4.42. The fourth-order valence-electron chi connectivity index (χ4n) is 1.94. The molecule has 0 aliphatic heterocycles. The van der Waals surface area contributed by atoms with E-state index in [4.69, 9.17) is 0 Å². The zero-order valence-corrected chi connectivity index (χ0v) is 12.7. The molecule has 1 aromatic heterocycles. The summed E-state index contributed by atoms with van der Waals surface area (Å²) < 4.78 is 3.14. The van der Waals surface area contributed by atoms with Gasteiger partial charge in [0, 0.05) is 19.6 Å². The molecule has 4 nitrogen and oxygen atoms in total. The molecule has 0 amide bonds. The highest BCUT2D eigenvalue weighted by Gasteiger charge is 2.15. The van der Waals surface area contributed by atoms with E-state index in [9.17, 15) is 5.11 Å². The van der Waals surface area contributed by atoms with Crippen LogP contribution < -0.4 is 0 Å². The number of hydrogen-bond acceptors (Lipinski definition) is 3. The molecule has 0 bridgehead atoms. The number of aliphatic hydroxyl groups is 1. The number of aromatic nitrogens is 2. The van der Waals surface area contributed by atoms with Gasteiger partial charge in [-0.15, -0.1) is 0 Å². The van der Waals surface area contributed by atoms with Crippen LogP contribution >= 0.6 is 15.9 Å². The fraction of sp³-hybridized carbons (Fsp3) is 0.750. The molecule has 1 unspecified atom stereocenters. The van der Waals surface area contributed by atoms with Crippen LogP contribution in [0.2, 0.25) is 0 Å². The lowest BCUT2D eigenvalue weighted by molar-refractivity contribution is 0.136. The Morgan fingerprint density at radius 2 is 2.12 bits per heavy atom. The molecule has 0 saturated heterocycles. The third kappa shape index (κ3) is 3.79. The van der Waals surface area contributed by atoms with Crippen molar-refractivity contribution < 1.29 is 5.11 Å². The molecule has 0 radical (unpaired) electrons. The molecule has 0 saturated carbocycles. The zero-order valence-electron chi connectivity index (χ0n) is 11.1. The summed E-state index contributed by atoms with van der Waals surface area (Å²) in [5, 5.41) is 13.9. The zero-order chi connectivity index (χ0) is 13.0. The summed E-state index contributed by atoms with van der Waals surface area (Å²) in [6, 6.07) is 0. The first-order valence-electron chi connectivity index (χ1n) is 6.10. The maximum Gasteiger partial charge on any atom is 0.0767 e. The first kappa shape index (κ1) is 14.7. The van der Waals surface area contributed by atoms with Crippen molar-refractivity contribution in [1.82, 2.24) is 14.7 Å². The second-order valence-corrected chi connectivity index (χ2v) is 5.22. The number of hydrogen-bond donors (Lipinski definition) is 1. The summed E-state index contributed by atoms with van der Waals surface area (Å²) in [5.74, 6) is 0. The Balaban J connectivity index is 2.85. The highest BCUT2D eigenvalue weighted by molar-refractivity contribution is 9.10. The highest BCUT2D eigenvalue weighted by Crippen LogP contribution is 2.23. The molecule has 17 heavy (non-hydrogen) atoms. The van der Waals surface area contributed by atoms with Crippen LogP contribution in [0.4, 0.5) is 0 Å². The summed E-state index contributed by atoms with van der Waals surface area (Å²) in [4.78, 5) is 2.11. The highest BCUT2D eigenvalue weighted by atomic mass is 79.9. The van der Waals surface area contributed by atoms with Crippen LogP contribution in [0.1, 0.15) is 32.2 Å². The Bertz CT molecular complexity index is 363. The average Bonchev–Trinajstić information content (AvgIpc) is 2.55. The van der Waals surface area contributed by atoms with Gasteiger partial charge in [0.15, 0.2) is 0 Å². The number of aryl methyl sites for hydroxylation is 2. The SMILES string of the molecule is CCc1nn(CC)c(CN(C)CC(C)O)c1Br. The van der Waals surface area contributed by atoms with Gasteiger partial charge in [-0.1, -0.05) is 6.92 Å². The Morgan fingerprint density at radius 1 is 1.47 bits per heavy atom. The van der Waals surface area contributed by atoms with Crippen molar-refractivity contribution in [2.24, 2.45) is 0 Å². The van der Waals surface area contributed by atoms with Crippen LogP contribution in [-0.4, -0.2) is 39.5 Å². The molecule has 0 fully saturated rings. The predicted octanol–water partition coefficient (Wildman–Crippen LogP) is 2.04. The van der Waals surface area contributed by atoms with Crippen LogP contribution in [0.15, 0.2) is 4.47 Å². The lowest BCUT2D eigenvalue weighted by Crippen LogP contribution is -2.28. The van der Waals surface area contributed by atoms with Gasteiger partial charge in [0.25, 0.3) is 0 Å². The van der Waals surface area contributed by atoms with Gasteiger partial charge in [0.05, 0.1) is 22.0 Å². The minimum Gasteiger partial charge on any atom is -0.392 e. The minimum absolute atomic E-state index is 0.303. The normalized spacial score (nSPS) is 13.4. The lowest BCUT2D eigenvalue weighted by atomic mass is 10.3. The van der Waals surface area contributed by atoms with Crippen molar-refractivity contribution in [2.45, 2.75) is 46.4 Å². The quantitative estimate of drug-likeness (QED) is 0.874. The van der Waals surface area contributed by atoms with Gasteiger partial charge < -0.3 is 5.11 Å². The third-order valence-corrected chi connectivity index (χ3v) is 3.61. The molecule has 1 heterocycles. The predicted molar refractivity (Wildman–Crippen MR) is 73.0 cm³/mol. The number of aliphatic hydroxyl groups excluding tert-OH is 1. The molecule has 0 aliphatic rings. The Kier molecular flexibility index (Phi) is 5.62. The van der Waals surface area contributed by atoms with Crippen molar-refractivity contribution in [1.29, 1.82) is 0 Å². The van der Waals surface area contributed by atoms with Crippen molar-refractivity contribution in [3.8, 4) is 0 Å². The largest absolute Gasteiger partial charge is 0.392 e. The van der Waals surface area contributed by atoms with E-state index < -0.39 is 0 Å². The van der Waals surface area contributed by atoms with Crippen LogP contribution in [0.3, 0.4) is 0 Å². The molecule has 1 aromatic rings. The van der Waals surface area contributed by atoms with Gasteiger partial charge in [0.2, 0.25) is 0 Å². The summed E-state index contributed by atoms with van der Waals surface area (Å²) in [6.45, 7) is 8.35. The van der Waals surface area contributed by atoms with E-state index in [0.29, 0.717) is 6.54 Å². The fourth-order valence-corrected chi connectivity index (χ4v) is 2.63. The van der Waals surface area contributed by atoms with Crippen molar-refractivity contribution in [2.75, 3.05) is 13.6 Å². The third-order valence-electron chi connectivity index (χ3n) is 2.69. The van der Waals surface area contributed by atoms with Crippen LogP contribution in [0.5, 0.6) is 0 Å². The maximum atomic E-state index is 9.37. The average molecular weight is 304 g/mol. The van der Waals surface area contributed by atoms with Gasteiger partial charge in [-0.05, 0) is 43.2 Å². The monoisotopic (exact) mass is 303 g/mol. The van der Waals surface area contributed by atoms with E-state index in [0.717, 1.165) is 29.7 Å². The molecular formula is C12H22BrN3O. The molecule has 98 valence electrons. The van der Waals surface area contributed by atoms with E-state index in [1.54, 1.807) is 6.92 Å². The Morgan fingerprint density at radius 3 is 2.59 bits per heavy atom. The number of halogens is 1. The lowest BCUT2D eigenvalue weighted by Gasteiger charge is -2.19. The minimum atomic E-state index is -0.303. The van der Waals surface area contributed by atoms with Crippen LogP contribution in [0.25, 0.3) is 0 Å². The first-order valence-corrected chi connectivity index (χ1v) is 6.89. The number of rotatable bonds is 6. The van der Waals surface area contributed by atoms with Crippen LogP contribution in [-0.2, 0) is 19.5 Å². The second kappa shape index (κ2) is 6.52. The summed E-state index contributed by atoms with van der Waals surface area (Å²) in [7, 11) is 2.01. The van der Waals surface area contributed by atoms with E-state index in [-0.39, 0.29) is 6.10 Å². The van der Waals surface area contributed by atoms with Gasteiger partial charge in [-0.3, -0.25) is 9.58 Å². The molecule has 1 rings (SSSR count). The van der Waals surface area contributed by atoms with E-state index in [1.165, 1.54) is 5.69 Å². The van der Waals surface area contributed by atoms with Gasteiger partial charge >= 0.3 is 0 Å². The summed E-state index contributed by atoms with van der Waals surface area (Å²) in [5.41, 5.74) is 2.29. The van der Waals surface area contributed by atoms with E-state index >= 15 is 0 Å². The summed E-state index contributed by atoms with van der Waals surface area (Å²) >= 11 is 3.63. The molecule has 5 heteroatoms. The van der Waals surface area contributed by atoms with E-state index in [1.807, 2.05) is 11.7 Å². The number of likely N-dealkylation sites (N-methyl/N-ethyl adjacent to an activating group) is 1. The molecule has 0 aliphatic carbocycles. The molecule has 1 atom stereocenters. The van der Waals surface area contributed by atoms with Gasteiger partial charge in [-0.2, -0.15) is 5.10 Å². The standard InChI is InChI=1S/C12H22BrN3O/c1-5-10-12(13)11(16(6-2)14-10)8-15(4)7-9(3)17/h9,17H,5-8H2,1-4H3. The van der Waals surface area contributed by atoms with Crippen molar-refractivity contribution in [3.63, 3.8) is 0 Å². The molecule has 0 aromatic carbocycles. The molecular weight excluding hydrogens is 282 g/mol. The first-order chi connectivity index (χ1) is 7.99. The van der Waals surface area contributed by atoms with Crippen LogP contribution in [0, 0.1) is 0 Å². The Labute approximate surface area is 112 Å². The summed E-state index contributed by atoms with van der Waals surface area (Å²) in [6.07, 6.45) is 0.628. The Hall–Kier alpha value is -0.390.